The van der Waals surface area contributed by atoms with Crippen molar-refractivity contribution < 1.29 is 14.3 Å². The van der Waals surface area contributed by atoms with Gasteiger partial charge in [0.15, 0.2) is 11.5 Å². The van der Waals surface area contributed by atoms with Gasteiger partial charge < -0.3 is 9.47 Å². The third kappa shape index (κ3) is 6.53. The third-order valence-electron chi connectivity index (χ3n) is 5.26. The predicted octanol–water partition coefficient (Wildman–Crippen LogP) is 6.82. The summed E-state index contributed by atoms with van der Waals surface area (Å²) in [7, 11) is 0. The van der Waals surface area contributed by atoms with Gasteiger partial charge in [-0.25, -0.2) is 5.43 Å². The first-order chi connectivity index (χ1) is 17.0. The number of hydrazone groups is 1. The van der Waals surface area contributed by atoms with E-state index in [1.54, 1.807) is 24.3 Å². The van der Waals surface area contributed by atoms with Gasteiger partial charge in [-0.1, -0.05) is 77.8 Å². The lowest BCUT2D eigenvalue weighted by Crippen LogP contribution is -2.19. The van der Waals surface area contributed by atoms with Gasteiger partial charge in [-0.05, 0) is 58.7 Å². The first-order valence-electron chi connectivity index (χ1n) is 11.2. The maximum atomic E-state index is 12.5. The Morgan fingerprint density at radius 1 is 0.971 bits per heavy atom. The van der Waals surface area contributed by atoms with E-state index >= 15 is 0 Å². The first kappa shape index (κ1) is 24.6. The Hall–Kier alpha value is -3.54. The molecule has 5 nitrogen and oxygen atoms in total. The van der Waals surface area contributed by atoms with Gasteiger partial charge in [-0.2, -0.15) is 5.10 Å². The molecule has 1 N–H and O–H groups in total. The molecule has 0 atom stereocenters. The van der Waals surface area contributed by atoms with Crippen LogP contribution in [0, 0.1) is 0 Å². The second-order valence-electron chi connectivity index (χ2n) is 7.79. The smallest absolute Gasteiger partial charge is 0.244 e. The van der Waals surface area contributed by atoms with E-state index in [4.69, 9.17) is 32.7 Å². The summed E-state index contributed by atoms with van der Waals surface area (Å²) >= 11 is 12.4. The maximum absolute atomic E-state index is 12.5. The Morgan fingerprint density at radius 3 is 2.54 bits per heavy atom. The molecule has 1 amide bonds. The average molecular weight is 507 g/mol. The van der Waals surface area contributed by atoms with Gasteiger partial charge in [0.1, 0.15) is 6.61 Å². The summed E-state index contributed by atoms with van der Waals surface area (Å²) in [6, 6.07) is 24.8. The van der Waals surface area contributed by atoms with Crippen LogP contribution in [0.15, 0.2) is 84.0 Å². The van der Waals surface area contributed by atoms with Gasteiger partial charge in [-0.15, -0.1) is 0 Å². The molecular weight excluding hydrogens is 483 g/mol. The number of rotatable bonds is 9. The van der Waals surface area contributed by atoms with Crippen molar-refractivity contribution in [3.05, 3.63) is 106 Å². The van der Waals surface area contributed by atoms with Crippen LogP contribution in [0.4, 0.5) is 0 Å². The van der Waals surface area contributed by atoms with E-state index in [9.17, 15) is 4.79 Å². The van der Waals surface area contributed by atoms with Crippen LogP contribution >= 0.6 is 23.2 Å². The number of amides is 1. The topological polar surface area (TPSA) is 59.9 Å². The van der Waals surface area contributed by atoms with Crippen molar-refractivity contribution in [2.75, 3.05) is 6.61 Å². The first-order valence-corrected chi connectivity index (χ1v) is 11.9. The van der Waals surface area contributed by atoms with Gasteiger partial charge >= 0.3 is 0 Å². The van der Waals surface area contributed by atoms with Crippen molar-refractivity contribution in [3.8, 4) is 11.5 Å². The van der Waals surface area contributed by atoms with Crippen molar-refractivity contribution in [3.63, 3.8) is 0 Å². The number of hydrogen-bond donors (Lipinski definition) is 1. The van der Waals surface area contributed by atoms with E-state index in [0.29, 0.717) is 40.3 Å². The zero-order chi connectivity index (χ0) is 24.6. The summed E-state index contributed by atoms with van der Waals surface area (Å²) in [5, 5.41) is 7.29. The molecular formula is C28H24Cl2N2O3. The van der Waals surface area contributed by atoms with Crippen LogP contribution in [-0.4, -0.2) is 18.7 Å². The molecule has 7 heteroatoms. The highest BCUT2D eigenvalue weighted by molar-refractivity contribution is 6.32. The lowest BCUT2D eigenvalue weighted by Gasteiger charge is -2.14. The number of ether oxygens (including phenoxy) is 2. The summed E-state index contributed by atoms with van der Waals surface area (Å²) in [6.07, 6.45) is 1.75. The molecule has 0 heterocycles. The van der Waals surface area contributed by atoms with E-state index in [1.165, 1.54) is 6.21 Å². The molecule has 4 aromatic carbocycles. The average Bonchev–Trinajstić information content (AvgIpc) is 2.85. The second kappa shape index (κ2) is 11.7. The zero-order valence-electron chi connectivity index (χ0n) is 19.1. The predicted molar refractivity (Wildman–Crippen MR) is 142 cm³/mol. The highest BCUT2D eigenvalue weighted by Crippen LogP contribution is 2.37. The lowest BCUT2D eigenvalue weighted by molar-refractivity contribution is -0.120. The standard InChI is InChI=1S/C28H24Cl2N2O3/c1-2-34-26-15-20(14-25(30)28(26)35-18-19-10-12-23(29)13-11-19)17-31-32-27(33)16-22-8-5-7-21-6-3-4-9-24(21)22/h3-15,17H,2,16,18H2,1H3,(H,32,33)/b31-17-. The molecule has 0 radical (unpaired) electrons. The summed E-state index contributed by atoms with van der Waals surface area (Å²) in [4.78, 5) is 12.5. The number of nitrogens with zero attached hydrogens (tertiary/aromatic N) is 1. The Morgan fingerprint density at radius 2 is 1.74 bits per heavy atom. The van der Waals surface area contributed by atoms with Crippen molar-refractivity contribution in [2.24, 2.45) is 5.10 Å². The molecule has 4 rings (SSSR count). The maximum Gasteiger partial charge on any atom is 0.244 e. The van der Waals surface area contributed by atoms with Gasteiger partial charge in [0.2, 0.25) is 5.91 Å². The minimum atomic E-state index is -0.211. The quantitative estimate of drug-likeness (QED) is 0.200. The van der Waals surface area contributed by atoms with Gasteiger partial charge in [0.25, 0.3) is 0 Å². The van der Waals surface area contributed by atoms with Crippen molar-refractivity contribution in [1.29, 1.82) is 0 Å². The molecule has 0 saturated carbocycles. The highest BCUT2D eigenvalue weighted by atomic mass is 35.5. The van der Waals surface area contributed by atoms with Crippen molar-refractivity contribution in [1.82, 2.24) is 5.43 Å². The van der Waals surface area contributed by atoms with E-state index in [1.807, 2.05) is 61.5 Å². The molecule has 0 fully saturated rings. The largest absolute Gasteiger partial charge is 0.490 e. The third-order valence-corrected chi connectivity index (χ3v) is 5.79. The molecule has 0 saturated heterocycles. The van der Waals surface area contributed by atoms with Gasteiger partial charge in [-0.3, -0.25) is 4.79 Å². The molecule has 4 aromatic rings. The van der Waals surface area contributed by atoms with E-state index in [-0.39, 0.29) is 12.3 Å². The van der Waals surface area contributed by atoms with Crippen LogP contribution in [0.1, 0.15) is 23.6 Å². The number of nitrogens with one attached hydrogen (secondary N) is 1. The Bertz CT molecular complexity index is 1350. The van der Waals surface area contributed by atoms with Crippen LogP contribution in [0.3, 0.4) is 0 Å². The minimum absolute atomic E-state index is 0.211. The molecule has 0 aliphatic rings. The van der Waals surface area contributed by atoms with E-state index in [0.717, 1.165) is 21.9 Å². The summed E-state index contributed by atoms with van der Waals surface area (Å²) in [6.45, 7) is 2.63. The molecule has 0 aliphatic carbocycles. The van der Waals surface area contributed by atoms with E-state index in [2.05, 4.69) is 10.5 Å². The highest BCUT2D eigenvalue weighted by Gasteiger charge is 2.13. The lowest BCUT2D eigenvalue weighted by atomic mass is 10.0. The summed E-state index contributed by atoms with van der Waals surface area (Å²) in [5.74, 6) is 0.731. The Balaban J connectivity index is 1.42. The summed E-state index contributed by atoms with van der Waals surface area (Å²) < 4.78 is 11.7. The zero-order valence-corrected chi connectivity index (χ0v) is 20.6. The van der Waals surface area contributed by atoms with Crippen LogP contribution in [0.25, 0.3) is 10.8 Å². The van der Waals surface area contributed by atoms with Crippen LogP contribution in [0.2, 0.25) is 10.0 Å². The molecule has 0 spiro atoms. The molecule has 0 unspecified atom stereocenters. The van der Waals surface area contributed by atoms with Crippen molar-refractivity contribution >= 4 is 46.1 Å². The number of benzene rings is 4. The molecule has 0 bridgehead atoms. The molecule has 178 valence electrons. The molecule has 35 heavy (non-hydrogen) atoms. The number of fused-ring (bicyclic) bond motifs is 1. The summed E-state index contributed by atoms with van der Waals surface area (Å²) in [5.41, 5.74) is 5.15. The molecule has 0 aromatic heterocycles. The number of carbonyl (C=O) groups excluding carboxylic acids is 1. The Kier molecular flexibility index (Phi) is 8.24. The van der Waals surface area contributed by atoms with E-state index < -0.39 is 0 Å². The Labute approximate surface area is 214 Å². The van der Waals surface area contributed by atoms with Gasteiger partial charge in [0, 0.05) is 5.02 Å². The van der Waals surface area contributed by atoms with Gasteiger partial charge in [0.05, 0.1) is 24.3 Å². The minimum Gasteiger partial charge on any atom is -0.490 e. The fourth-order valence-electron chi connectivity index (χ4n) is 3.64. The van der Waals surface area contributed by atoms with Crippen LogP contribution in [0.5, 0.6) is 11.5 Å². The fourth-order valence-corrected chi connectivity index (χ4v) is 4.04. The number of carbonyl (C=O) groups is 1. The molecule has 0 aliphatic heterocycles. The van der Waals surface area contributed by atoms with Crippen LogP contribution in [-0.2, 0) is 17.8 Å². The SMILES string of the molecule is CCOc1cc(/C=N\NC(=O)Cc2cccc3ccccc23)cc(Cl)c1OCc1ccc(Cl)cc1. The number of halogens is 2. The number of hydrogen-bond acceptors (Lipinski definition) is 4. The van der Waals surface area contributed by atoms with Crippen LogP contribution < -0.4 is 14.9 Å². The van der Waals surface area contributed by atoms with Crippen molar-refractivity contribution in [2.45, 2.75) is 20.0 Å². The monoisotopic (exact) mass is 506 g/mol. The normalized spacial score (nSPS) is 11.1. The second-order valence-corrected chi connectivity index (χ2v) is 8.63. The fraction of sp³-hybridized carbons (Fsp3) is 0.143.